The summed E-state index contributed by atoms with van der Waals surface area (Å²) in [6.07, 6.45) is 4.98. The summed E-state index contributed by atoms with van der Waals surface area (Å²) in [4.78, 5) is 14.3. The zero-order valence-electron chi connectivity index (χ0n) is 6.74. The molecule has 0 saturated heterocycles. The van der Waals surface area contributed by atoms with E-state index in [0.29, 0.717) is 12.4 Å². The van der Waals surface area contributed by atoms with Crippen LogP contribution in [0.5, 0.6) is 0 Å². The standard InChI is InChI=1S/C7H10N4O/c1-6(12)8-4-2-3-7-9-5-10-11-7/h2-3,5H,4H2,1H3,(H,8,12)(H,9,10,11). The van der Waals surface area contributed by atoms with Crippen molar-refractivity contribution in [3.63, 3.8) is 0 Å². The normalized spacial score (nSPS) is 10.4. The Morgan fingerprint density at radius 1 is 1.83 bits per heavy atom. The van der Waals surface area contributed by atoms with E-state index in [2.05, 4.69) is 20.5 Å². The van der Waals surface area contributed by atoms with Crippen LogP contribution in [-0.4, -0.2) is 27.6 Å². The van der Waals surface area contributed by atoms with E-state index >= 15 is 0 Å². The van der Waals surface area contributed by atoms with Crippen molar-refractivity contribution in [2.75, 3.05) is 6.54 Å². The van der Waals surface area contributed by atoms with Crippen molar-refractivity contribution < 1.29 is 4.79 Å². The zero-order valence-corrected chi connectivity index (χ0v) is 6.74. The van der Waals surface area contributed by atoms with E-state index in [1.807, 2.05) is 0 Å². The van der Waals surface area contributed by atoms with Gasteiger partial charge in [-0.15, -0.1) is 0 Å². The molecule has 0 saturated carbocycles. The summed E-state index contributed by atoms with van der Waals surface area (Å²) in [6, 6.07) is 0. The van der Waals surface area contributed by atoms with E-state index in [4.69, 9.17) is 0 Å². The molecule has 0 aliphatic rings. The maximum Gasteiger partial charge on any atom is 0.217 e. The molecule has 0 spiro atoms. The van der Waals surface area contributed by atoms with Crippen LogP contribution in [0, 0.1) is 0 Å². The summed E-state index contributed by atoms with van der Waals surface area (Å²) >= 11 is 0. The predicted molar refractivity (Wildman–Crippen MR) is 44.1 cm³/mol. The summed E-state index contributed by atoms with van der Waals surface area (Å²) in [5, 5.41) is 8.95. The second-order valence-corrected chi connectivity index (χ2v) is 2.21. The Labute approximate surface area is 69.9 Å². The lowest BCUT2D eigenvalue weighted by molar-refractivity contribution is -0.118. The Hall–Kier alpha value is -1.65. The average Bonchev–Trinajstić information content (AvgIpc) is 2.49. The van der Waals surface area contributed by atoms with Gasteiger partial charge in [-0.2, -0.15) is 5.10 Å². The predicted octanol–water partition coefficient (Wildman–Crippen LogP) is -0.0460. The maximum absolute atomic E-state index is 10.4. The largest absolute Gasteiger partial charge is 0.353 e. The fourth-order valence-corrected chi connectivity index (χ4v) is 0.668. The third-order valence-corrected chi connectivity index (χ3v) is 1.18. The van der Waals surface area contributed by atoms with E-state index in [9.17, 15) is 4.79 Å². The minimum atomic E-state index is -0.0442. The van der Waals surface area contributed by atoms with E-state index in [0.717, 1.165) is 0 Å². The minimum Gasteiger partial charge on any atom is -0.353 e. The second kappa shape index (κ2) is 4.27. The lowest BCUT2D eigenvalue weighted by Gasteiger charge is -1.92. The van der Waals surface area contributed by atoms with Gasteiger partial charge in [-0.25, -0.2) is 4.98 Å². The molecule has 1 amide bonds. The highest BCUT2D eigenvalue weighted by Gasteiger charge is 1.87. The molecule has 5 heteroatoms. The average molecular weight is 166 g/mol. The van der Waals surface area contributed by atoms with E-state index in [1.54, 1.807) is 12.2 Å². The number of rotatable bonds is 3. The van der Waals surface area contributed by atoms with Crippen molar-refractivity contribution in [1.82, 2.24) is 20.5 Å². The van der Waals surface area contributed by atoms with Gasteiger partial charge in [-0.3, -0.25) is 9.89 Å². The molecule has 5 nitrogen and oxygen atoms in total. The molecule has 0 unspecified atom stereocenters. The third-order valence-electron chi connectivity index (χ3n) is 1.18. The Morgan fingerprint density at radius 2 is 2.67 bits per heavy atom. The Kier molecular flexibility index (Phi) is 3.01. The van der Waals surface area contributed by atoms with Crippen LogP contribution < -0.4 is 5.32 Å². The number of aromatic amines is 1. The highest BCUT2D eigenvalue weighted by Crippen LogP contribution is 1.87. The summed E-state index contributed by atoms with van der Waals surface area (Å²) in [5.41, 5.74) is 0. The number of nitrogens with zero attached hydrogens (tertiary/aromatic N) is 2. The quantitative estimate of drug-likeness (QED) is 0.661. The molecule has 64 valence electrons. The summed E-state index contributed by atoms with van der Waals surface area (Å²) in [5.74, 6) is 0.637. The molecule has 0 aromatic carbocycles. The van der Waals surface area contributed by atoms with Gasteiger partial charge in [-0.1, -0.05) is 6.08 Å². The molecule has 0 atom stereocenters. The first-order chi connectivity index (χ1) is 5.79. The molecule has 1 heterocycles. The van der Waals surface area contributed by atoms with Gasteiger partial charge >= 0.3 is 0 Å². The van der Waals surface area contributed by atoms with Crippen LogP contribution >= 0.6 is 0 Å². The molecule has 1 rings (SSSR count). The lowest BCUT2D eigenvalue weighted by Crippen LogP contribution is -2.19. The summed E-state index contributed by atoms with van der Waals surface area (Å²) in [6.45, 7) is 1.98. The number of aromatic nitrogens is 3. The van der Waals surface area contributed by atoms with Crippen LogP contribution in [0.25, 0.3) is 6.08 Å². The second-order valence-electron chi connectivity index (χ2n) is 2.21. The maximum atomic E-state index is 10.4. The van der Waals surface area contributed by atoms with Crippen LogP contribution in [0.15, 0.2) is 12.4 Å². The van der Waals surface area contributed by atoms with Gasteiger partial charge in [0.05, 0.1) is 0 Å². The SMILES string of the molecule is CC(=O)NCC=Cc1ncn[nH]1. The van der Waals surface area contributed by atoms with E-state index in [-0.39, 0.29) is 5.91 Å². The van der Waals surface area contributed by atoms with Crippen LogP contribution in [0.4, 0.5) is 0 Å². The Morgan fingerprint density at radius 3 is 3.25 bits per heavy atom. The molecule has 0 aliphatic heterocycles. The first kappa shape index (κ1) is 8.45. The van der Waals surface area contributed by atoms with Crippen molar-refractivity contribution >= 4 is 12.0 Å². The molecular weight excluding hydrogens is 156 g/mol. The monoisotopic (exact) mass is 166 g/mol. The van der Waals surface area contributed by atoms with Crippen molar-refractivity contribution in [2.24, 2.45) is 0 Å². The number of hydrogen-bond donors (Lipinski definition) is 2. The van der Waals surface area contributed by atoms with Gasteiger partial charge in [0.2, 0.25) is 5.91 Å². The molecular formula is C7H10N4O. The number of amides is 1. The molecule has 1 aromatic heterocycles. The van der Waals surface area contributed by atoms with Crippen molar-refractivity contribution in [3.05, 3.63) is 18.2 Å². The highest BCUT2D eigenvalue weighted by atomic mass is 16.1. The number of nitrogens with one attached hydrogen (secondary N) is 2. The fraction of sp³-hybridized carbons (Fsp3) is 0.286. The fourth-order valence-electron chi connectivity index (χ4n) is 0.668. The zero-order chi connectivity index (χ0) is 8.81. The van der Waals surface area contributed by atoms with E-state index < -0.39 is 0 Å². The smallest absolute Gasteiger partial charge is 0.217 e. The molecule has 12 heavy (non-hydrogen) atoms. The van der Waals surface area contributed by atoms with Gasteiger partial charge in [0.15, 0.2) is 0 Å². The van der Waals surface area contributed by atoms with E-state index in [1.165, 1.54) is 13.3 Å². The van der Waals surface area contributed by atoms with Gasteiger partial charge < -0.3 is 5.32 Å². The molecule has 0 aliphatic carbocycles. The number of H-pyrrole nitrogens is 1. The number of hydrogen-bond acceptors (Lipinski definition) is 3. The summed E-state index contributed by atoms with van der Waals surface area (Å²) < 4.78 is 0. The van der Waals surface area contributed by atoms with Gasteiger partial charge in [0, 0.05) is 13.5 Å². The highest BCUT2D eigenvalue weighted by molar-refractivity contribution is 5.73. The molecule has 0 bridgehead atoms. The Balaban J connectivity index is 2.27. The first-order valence-electron chi connectivity index (χ1n) is 3.55. The molecule has 2 N–H and O–H groups in total. The minimum absolute atomic E-state index is 0.0442. The first-order valence-corrected chi connectivity index (χ1v) is 3.55. The van der Waals surface area contributed by atoms with Crippen molar-refractivity contribution in [3.8, 4) is 0 Å². The topological polar surface area (TPSA) is 70.7 Å². The van der Waals surface area contributed by atoms with Crippen LogP contribution in [0.3, 0.4) is 0 Å². The molecule has 0 radical (unpaired) electrons. The van der Waals surface area contributed by atoms with Crippen molar-refractivity contribution in [1.29, 1.82) is 0 Å². The molecule has 1 aromatic rings. The number of carbonyl (C=O) groups excluding carboxylic acids is 1. The van der Waals surface area contributed by atoms with Gasteiger partial charge in [0.25, 0.3) is 0 Å². The Bertz CT molecular complexity index is 265. The number of carbonyl (C=O) groups is 1. The van der Waals surface area contributed by atoms with Crippen LogP contribution in [-0.2, 0) is 4.79 Å². The van der Waals surface area contributed by atoms with Crippen LogP contribution in [0.1, 0.15) is 12.7 Å². The summed E-state index contributed by atoms with van der Waals surface area (Å²) in [7, 11) is 0. The lowest BCUT2D eigenvalue weighted by atomic mass is 10.4. The van der Waals surface area contributed by atoms with Crippen LogP contribution in [0.2, 0.25) is 0 Å². The third kappa shape index (κ3) is 2.96. The van der Waals surface area contributed by atoms with Crippen molar-refractivity contribution in [2.45, 2.75) is 6.92 Å². The van der Waals surface area contributed by atoms with Gasteiger partial charge in [-0.05, 0) is 6.08 Å². The van der Waals surface area contributed by atoms with Gasteiger partial charge in [0.1, 0.15) is 12.2 Å². The molecule has 0 fully saturated rings.